The fourth-order valence-corrected chi connectivity index (χ4v) is 3.04. The number of benzene rings is 1. The minimum absolute atomic E-state index is 0.167. The van der Waals surface area contributed by atoms with Crippen molar-refractivity contribution in [2.45, 2.75) is 25.4 Å². The van der Waals surface area contributed by atoms with Gasteiger partial charge in [-0.3, -0.25) is 4.79 Å². The number of carbonyl (C=O) groups excluding carboxylic acids is 1. The normalized spacial score (nSPS) is 30.7. The summed E-state index contributed by atoms with van der Waals surface area (Å²) < 4.78 is 19.1. The van der Waals surface area contributed by atoms with Gasteiger partial charge >= 0.3 is 5.97 Å². The number of ether oxygens (including phenoxy) is 1. The van der Waals surface area contributed by atoms with Crippen molar-refractivity contribution >= 4 is 21.9 Å². The zero-order valence-electron chi connectivity index (χ0n) is 10.2. The van der Waals surface area contributed by atoms with Gasteiger partial charge in [-0.2, -0.15) is 0 Å². The van der Waals surface area contributed by atoms with Crippen molar-refractivity contribution < 1.29 is 19.0 Å². The molecule has 1 saturated carbocycles. The summed E-state index contributed by atoms with van der Waals surface area (Å²) >= 11 is 3.24. The van der Waals surface area contributed by atoms with Crippen molar-refractivity contribution in [3.05, 3.63) is 34.1 Å². The Balaban J connectivity index is 2.27. The molecule has 0 unspecified atom stereocenters. The molecule has 0 aliphatic heterocycles. The highest BCUT2D eigenvalue weighted by molar-refractivity contribution is 9.10. The number of esters is 1. The van der Waals surface area contributed by atoms with Crippen molar-refractivity contribution in [3.8, 4) is 0 Å². The summed E-state index contributed by atoms with van der Waals surface area (Å²) in [6.07, 6.45) is 0.333. The van der Waals surface area contributed by atoms with E-state index in [4.69, 9.17) is 0 Å². The Morgan fingerprint density at radius 2 is 2.11 bits per heavy atom. The topological polar surface area (TPSA) is 46.5 Å². The summed E-state index contributed by atoms with van der Waals surface area (Å²) in [5, 5.41) is 10.4. The SMILES string of the molecule is COC(=O)C1(C)CC(O)(c2cc(Br)ccc2F)C1. The molecule has 0 radical (unpaired) electrons. The second kappa shape index (κ2) is 4.31. The van der Waals surface area contributed by atoms with E-state index in [0.717, 1.165) is 0 Å². The fourth-order valence-electron chi connectivity index (χ4n) is 2.67. The maximum Gasteiger partial charge on any atom is 0.311 e. The molecule has 3 nitrogen and oxygen atoms in total. The Bertz CT molecular complexity index is 495. The molecule has 2 rings (SSSR count). The van der Waals surface area contributed by atoms with Crippen LogP contribution in [-0.2, 0) is 15.1 Å². The first kappa shape index (κ1) is 13.5. The Morgan fingerprint density at radius 1 is 1.50 bits per heavy atom. The molecule has 1 aliphatic carbocycles. The van der Waals surface area contributed by atoms with Crippen molar-refractivity contribution in [3.63, 3.8) is 0 Å². The van der Waals surface area contributed by atoms with E-state index in [-0.39, 0.29) is 24.4 Å². The van der Waals surface area contributed by atoms with Crippen LogP contribution in [0, 0.1) is 11.2 Å². The molecule has 0 amide bonds. The Hall–Kier alpha value is -0.940. The standard InChI is InChI=1S/C13H14BrFO3/c1-12(11(16)18-2)6-13(17,7-12)9-5-8(14)3-4-10(9)15/h3-5,17H,6-7H2,1-2H3. The first-order valence-corrected chi connectivity index (χ1v) is 6.36. The largest absolute Gasteiger partial charge is 0.469 e. The third-order valence-corrected chi connectivity index (χ3v) is 3.97. The molecule has 0 bridgehead atoms. The quantitative estimate of drug-likeness (QED) is 0.853. The van der Waals surface area contributed by atoms with Gasteiger partial charge in [0.2, 0.25) is 0 Å². The van der Waals surface area contributed by atoms with Gasteiger partial charge in [0, 0.05) is 10.0 Å². The second-order valence-corrected chi connectivity index (χ2v) is 5.98. The first-order valence-electron chi connectivity index (χ1n) is 5.57. The van der Waals surface area contributed by atoms with Crippen LogP contribution < -0.4 is 0 Å². The van der Waals surface area contributed by atoms with Gasteiger partial charge in [0.1, 0.15) is 5.82 Å². The molecule has 0 atom stereocenters. The minimum atomic E-state index is -1.29. The molecule has 0 heterocycles. The van der Waals surface area contributed by atoms with E-state index in [9.17, 15) is 14.3 Å². The molecule has 98 valence electrons. The third kappa shape index (κ3) is 2.06. The summed E-state index contributed by atoms with van der Waals surface area (Å²) in [5.74, 6) is -0.838. The highest BCUT2D eigenvalue weighted by Gasteiger charge is 2.57. The van der Waals surface area contributed by atoms with Crippen LogP contribution >= 0.6 is 15.9 Å². The third-order valence-electron chi connectivity index (χ3n) is 3.47. The lowest BCUT2D eigenvalue weighted by molar-refractivity contribution is -0.183. The van der Waals surface area contributed by atoms with Gasteiger partial charge in [-0.15, -0.1) is 0 Å². The average Bonchev–Trinajstić information content (AvgIpc) is 2.29. The molecule has 1 fully saturated rings. The van der Waals surface area contributed by atoms with Gasteiger partial charge in [0.25, 0.3) is 0 Å². The van der Waals surface area contributed by atoms with Crippen LogP contribution in [0.2, 0.25) is 0 Å². The molecule has 1 aromatic carbocycles. The van der Waals surface area contributed by atoms with Crippen molar-refractivity contribution in [1.29, 1.82) is 0 Å². The summed E-state index contributed by atoms with van der Waals surface area (Å²) in [5.41, 5.74) is -1.81. The van der Waals surface area contributed by atoms with Crippen LogP contribution in [0.15, 0.2) is 22.7 Å². The average molecular weight is 317 g/mol. The maximum absolute atomic E-state index is 13.7. The van der Waals surface area contributed by atoms with Gasteiger partial charge in [-0.25, -0.2) is 4.39 Å². The van der Waals surface area contributed by atoms with Crippen molar-refractivity contribution in [2.75, 3.05) is 7.11 Å². The molecule has 0 aromatic heterocycles. The maximum atomic E-state index is 13.7. The van der Waals surface area contributed by atoms with Crippen LogP contribution in [0.3, 0.4) is 0 Å². The van der Waals surface area contributed by atoms with E-state index < -0.39 is 16.8 Å². The van der Waals surface area contributed by atoms with Crippen LogP contribution in [0.5, 0.6) is 0 Å². The minimum Gasteiger partial charge on any atom is -0.469 e. The lowest BCUT2D eigenvalue weighted by Gasteiger charge is -2.49. The van der Waals surface area contributed by atoms with Crippen molar-refractivity contribution in [2.24, 2.45) is 5.41 Å². The van der Waals surface area contributed by atoms with Gasteiger partial charge in [0.05, 0.1) is 18.1 Å². The predicted octanol–water partition coefficient (Wildman–Crippen LogP) is 2.75. The van der Waals surface area contributed by atoms with Crippen LogP contribution in [0.4, 0.5) is 4.39 Å². The number of hydrogen-bond acceptors (Lipinski definition) is 3. The van der Waals surface area contributed by atoms with Gasteiger partial charge in [0.15, 0.2) is 0 Å². The van der Waals surface area contributed by atoms with Gasteiger partial charge in [-0.1, -0.05) is 15.9 Å². The van der Waals surface area contributed by atoms with E-state index in [0.29, 0.717) is 4.47 Å². The van der Waals surface area contributed by atoms with Crippen LogP contribution in [0.1, 0.15) is 25.3 Å². The van der Waals surface area contributed by atoms with Crippen LogP contribution in [-0.4, -0.2) is 18.2 Å². The Labute approximate surface area is 113 Å². The number of hydrogen-bond donors (Lipinski definition) is 1. The molecular formula is C13H14BrFO3. The molecule has 1 aromatic rings. The number of halogens is 2. The Kier molecular flexibility index (Phi) is 3.23. The van der Waals surface area contributed by atoms with E-state index in [1.54, 1.807) is 19.1 Å². The lowest BCUT2D eigenvalue weighted by Crippen LogP contribution is -2.53. The molecule has 1 N–H and O–H groups in total. The molecule has 1 aliphatic rings. The van der Waals surface area contributed by atoms with E-state index in [1.807, 2.05) is 0 Å². The molecule has 0 spiro atoms. The van der Waals surface area contributed by atoms with Crippen molar-refractivity contribution in [1.82, 2.24) is 0 Å². The van der Waals surface area contributed by atoms with Gasteiger partial charge < -0.3 is 9.84 Å². The second-order valence-electron chi connectivity index (χ2n) is 5.06. The van der Waals surface area contributed by atoms with E-state index in [1.165, 1.54) is 13.2 Å². The van der Waals surface area contributed by atoms with Crippen LogP contribution in [0.25, 0.3) is 0 Å². The Morgan fingerprint density at radius 3 is 2.67 bits per heavy atom. The predicted molar refractivity (Wildman–Crippen MR) is 67.4 cm³/mol. The number of carbonyl (C=O) groups is 1. The lowest BCUT2D eigenvalue weighted by atomic mass is 9.58. The monoisotopic (exact) mass is 316 g/mol. The number of methoxy groups -OCH3 is 1. The zero-order chi connectivity index (χ0) is 13.6. The zero-order valence-corrected chi connectivity index (χ0v) is 11.8. The number of aliphatic hydroxyl groups is 1. The van der Waals surface area contributed by atoms with E-state index >= 15 is 0 Å². The summed E-state index contributed by atoms with van der Waals surface area (Å²) in [7, 11) is 1.31. The molecule has 18 heavy (non-hydrogen) atoms. The molecule has 0 saturated heterocycles. The number of rotatable bonds is 2. The smallest absolute Gasteiger partial charge is 0.311 e. The summed E-state index contributed by atoms with van der Waals surface area (Å²) in [6.45, 7) is 1.71. The molecule has 5 heteroatoms. The fraction of sp³-hybridized carbons (Fsp3) is 0.462. The first-order chi connectivity index (χ1) is 8.31. The highest BCUT2D eigenvalue weighted by atomic mass is 79.9. The molecular weight excluding hydrogens is 303 g/mol. The van der Waals surface area contributed by atoms with Gasteiger partial charge in [-0.05, 0) is 38.0 Å². The highest BCUT2D eigenvalue weighted by Crippen LogP contribution is 2.55. The van der Waals surface area contributed by atoms with E-state index in [2.05, 4.69) is 20.7 Å². The summed E-state index contributed by atoms with van der Waals surface area (Å²) in [6, 6.07) is 4.41. The summed E-state index contributed by atoms with van der Waals surface area (Å²) in [4.78, 5) is 11.6.